The fourth-order valence-electron chi connectivity index (χ4n) is 2.92. The number of hydrogen-bond acceptors (Lipinski definition) is 5. The van der Waals surface area contributed by atoms with Crippen molar-refractivity contribution in [2.45, 2.75) is 13.1 Å². The van der Waals surface area contributed by atoms with E-state index in [4.69, 9.17) is 4.74 Å². The summed E-state index contributed by atoms with van der Waals surface area (Å²) in [5.41, 5.74) is 3.56. The monoisotopic (exact) mass is 458 g/mol. The van der Waals surface area contributed by atoms with E-state index in [1.54, 1.807) is 24.6 Å². The lowest BCUT2D eigenvalue weighted by Crippen LogP contribution is -2.30. The minimum atomic E-state index is -5.03. The third kappa shape index (κ3) is 4.50. The fraction of sp³-hybridized carbons (Fsp3) is 0.136. The number of carbonyl (C=O) groups is 1. The Bertz CT molecular complexity index is 1250. The van der Waals surface area contributed by atoms with Crippen molar-refractivity contribution in [3.05, 3.63) is 65.5 Å². The molecular formula is C22H17F3N4O2S. The van der Waals surface area contributed by atoms with Crippen LogP contribution in [0.15, 0.2) is 60.0 Å². The maximum Gasteiger partial charge on any atom is 0.471 e. The van der Waals surface area contributed by atoms with Gasteiger partial charge in [0, 0.05) is 22.6 Å². The molecule has 1 N–H and O–H groups in total. The fourth-order valence-corrected chi connectivity index (χ4v) is 3.72. The summed E-state index contributed by atoms with van der Waals surface area (Å²) >= 11 is 1.19. The van der Waals surface area contributed by atoms with Crippen LogP contribution in [-0.4, -0.2) is 34.0 Å². The van der Waals surface area contributed by atoms with E-state index in [0.717, 1.165) is 11.1 Å². The molecule has 0 aliphatic carbocycles. The molecule has 0 bridgehead atoms. The number of halogens is 3. The number of thiazole rings is 1. The zero-order valence-corrected chi connectivity index (χ0v) is 17.8. The van der Waals surface area contributed by atoms with E-state index in [-0.39, 0.29) is 5.82 Å². The number of amides is 1. The number of carbonyl (C=O) groups excluding carboxylic acids is 1. The highest BCUT2D eigenvalue weighted by Crippen LogP contribution is 2.30. The smallest absolute Gasteiger partial charge is 0.471 e. The number of hydrogen-bond donors (Lipinski definition) is 1. The predicted octanol–water partition coefficient (Wildman–Crippen LogP) is 5.48. The third-order valence-electron chi connectivity index (χ3n) is 4.61. The van der Waals surface area contributed by atoms with Gasteiger partial charge in [0.25, 0.3) is 0 Å². The molecule has 2 aromatic heterocycles. The van der Waals surface area contributed by atoms with Gasteiger partial charge in [-0.25, -0.2) is 4.98 Å². The second-order valence-corrected chi connectivity index (χ2v) is 7.72. The van der Waals surface area contributed by atoms with Crippen molar-refractivity contribution in [2.24, 2.45) is 0 Å². The SMILES string of the molecule is COc1ccc(-c2csc(-n3nc(-c4ccc(C)cc4)cc3NC(=O)C(F)(F)F)n2)cc1. The van der Waals surface area contributed by atoms with Gasteiger partial charge in [-0.1, -0.05) is 29.8 Å². The van der Waals surface area contributed by atoms with E-state index in [1.165, 1.54) is 22.1 Å². The van der Waals surface area contributed by atoms with Crippen molar-refractivity contribution < 1.29 is 22.7 Å². The summed E-state index contributed by atoms with van der Waals surface area (Å²) < 4.78 is 44.9. The molecule has 4 rings (SSSR count). The van der Waals surface area contributed by atoms with E-state index in [9.17, 15) is 18.0 Å². The first kappa shape index (κ1) is 21.6. The molecule has 10 heteroatoms. The number of nitrogens with one attached hydrogen (secondary N) is 1. The Morgan fingerprint density at radius 2 is 1.66 bits per heavy atom. The molecule has 0 fully saturated rings. The van der Waals surface area contributed by atoms with E-state index in [1.807, 2.05) is 48.6 Å². The van der Waals surface area contributed by atoms with Gasteiger partial charge in [0.2, 0.25) is 5.13 Å². The molecule has 0 aliphatic heterocycles. The maximum atomic E-state index is 12.9. The van der Waals surface area contributed by atoms with Gasteiger partial charge in [0.15, 0.2) is 0 Å². The van der Waals surface area contributed by atoms with Crippen LogP contribution in [0, 0.1) is 6.92 Å². The summed E-state index contributed by atoms with van der Waals surface area (Å²) in [6.45, 7) is 1.92. The van der Waals surface area contributed by atoms with Crippen molar-refractivity contribution in [3.63, 3.8) is 0 Å². The second-order valence-electron chi connectivity index (χ2n) is 6.89. The van der Waals surface area contributed by atoms with E-state index in [2.05, 4.69) is 10.1 Å². The number of aromatic nitrogens is 3. The van der Waals surface area contributed by atoms with Crippen LogP contribution >= 0.6 is 11.3 Å². The molecule has 0 unspecified atom stereocenters. The molecule has 4 aromatic rings. The number of benzene rings is 2. The van der Waals surface area contributed by atoms with Gasteiger partial charge < -0.3 is 10.1 Å². The van der Waals surface area contributed by atoms with Crippen LogP contribution in [-0.2, 0) is 4.79 Å². The molecule has 2 heterocycles. The summed E-state index contributed by atoms with van der Waals surface area (Å²) in [6.07, 6.45) is -5.03. The number of nitrogens with zero attached hydrogens (tertiary/aromatic N) is 3. The molecule has 0 saturated heterocycles. The molecule has 2 aromatic carbocycles. The van der Waals surface area contributed by atoms with Gasteiger partial charge in [-0.05, 0) is 31.2 Å². The molecule has 1 amide bonds. The van der Waals surface area contributed by atoms with Crippen LogP contribution in [0.4, 0.5) is 19.0 Å². The summed E-state index contributed by atoms with van der Waals surface area (Å²) in [5, 5.41) is 8.39. The zero-order chi connectivity index (χ0) is 22.9. The molecule has 0 aliphatic rings. The summed E-state index contributed by atoms with van der Waals surface area (Å²) in [4.78, 5) is 16.1. The Labute approximate surface area is 185 Å². The number of methoxy groups -OCH3 is 1. The Balaban J connectivity index is 1.73. The Hall–Kier alpha value is -3.66. The summed E-state index contributed by atoms with van der Waals surface area (Å²) in [5.74, 6) is -1.52. The van der Waals surface area contributed by atoms with Crippen molar-refractivity contribution in [1.82, 2.24) is 14.8 Å². The molecule has 0 radical (unpaired) electrons. The Morgan fingerprint density at radius 1 is 1.03 bits per heavy atom. The van der Waals surface area contributed by atoms with E-state index < -0.39 is 12.1 Å². The van der Waals surface area contributed by atoms with Crippen LogP contribution in [0.3, 0.4) is 0 Å². The standard InChI is InChI=1S/C22H17F3N4O2S/c1-13-3-5-14(6-4-13)17-11-19(27-20(30)22(23,24)25)29(28-17)21-26-18(12-32-21)15-7-9-16(31-2)10-8-15/h3-12H,1-2H3,(H,27,30). The van der Waals surface area contributed by atoms with E-state index in [0.29, 0.717) is 27.8 Å². The number of rotatable bonds is 5. The largest absolute Gasteiger partial charge is 0.497 e. The van der Waals surface area contributed by atoms with Gasteiger partial charge in [0.05, 0.1) is 18.5 Å². The second kappa shape index (κ2) is 8.46. The summed E-state index contributed by atoms with van der Waals surface area (Å²) in [6, 6.07) is 16.0. The molecular weight excluding hydrogens is 441 g/mol. The molecule has 0 spiro atoms. The average Bonchev–Trinajstić information content (AvgIpc) is 3.41. The topological polar surface area (TPSA) is 69.0 Å². The minimum Gasteiger partial charge on any atom is -0.497 e. The Morgan fingerprint density at radius 3 is 2.28 bits per heavy atom. The first-order valence-corrected chi connectivity index (χ1v) is 10.3. The van der Waals surface area contributed by atoms with Gasteiger partial charge in [-0.3, -0.25) is 4.79 Å². The average molecular weight is 458 g/mol. The highest BCUT2D eigenvalue weighted by atomic mass is 32.1. The van der Waals surface area contributed by atoms with Crippen molar-refractivity contribution in [1.29, 1.82) is 0 Å². The molecule has 0 atom stereocenters. The third-order valence-corrected chi connectivity index (χ3v) is 5.43. The lowest BCUT2D eigenvalue weighted by molar-refractivity contribution is -0.167. The van der Waals surface area contributed by atoms with E-state index >= 15 is 0 Å². The van der Waals surface area contributed by atoms with Crippen LogP contribution < -0.4 is 10.1 Å². The normalized spacial score (nSPS) is 11.4. The first-order valence-electron chi connectivity index (χ1n) is 9.40. The van der Waals surface area contributed by atoms with Gasteiger partial charge >= 0.3 is 12.1 Å². The first-order chi connectivity index (χ1) is 15.2. The zero-order valence-electron chi connectivity index (χ0n) is 17.0. The van der Waals surface area contributed by atoms with Gasteiger partial charge in [-0.15, -0.1) is 11.3 Å². The quantitative estimate of drug-likeness (QED) is 0.430. The lowest BCUT2D eigenvalue weighted by atomic mass is 10.1. The number of aryl methyl sites for hydroxylation is 1. The van der Waals surface area contributed by atoms with Crippen molar-refractivity contribution in [3.8, 4) is 33.4 Å². The number of anilines is 1. The van der Waals surface area contributed by atoms with Crippen molar-refractivity contribution in [2.75, 3.05) is 12.4 Å². The van der Waals surface area contributed by atoms with Crippen LogP contribution in [0.2, 0.25) is 0 Å². The van der Waals surface area contributed by atoms with Gasteiger partial charge in [-0.2, -0.15) is 23.0 Å². The number of ether oxygens (including phenoxy) is 1. The van der Waals surface area contributed by atoms with Crippen LogP contribution in [0.5, 0.6) is 5.75 Å². The minimum absolute atomic E-state index is 0.126. The highest BCUT2D eigenvalue weighted by Gasteiger charge is 2.39. The van der Waals surface area contributed by atoms with Crippen LogP contribution in [0.25, 0.3) is 27.6 Å². The number of alkyl halides is 3. The Kier molecular flexibility index (Phi) is 5.70. The lowest BCUT2D eigenvalue weighted by Gasteiger charge is -2.08. The molecule has 6 nitrogen and oxygen atoms in total. The molecule has 0 saturated carbocycles. The summed E-state index contributed by atoms with van der Waals surface area (Å²) in [7, 11) is 1.57. The van der Waals surface area contributed by atoms with Gasteiger partial charge in [0.1, 0.15) is 11.6 Å². The molecule has 164 valence electrons. The van der Waals surface area contributed by atoms with Crippen molar-refractivity contribution >= 4 is 23.1 Å². The maximum absolute atomic E-state index is 12.9. The molecule has 32 heavy (non-hydrogen) atoms. The van der Waals surface area contributed by atoms with Crippen LogP contribution in [0.1, 0.15) is 5.56 Å². The predicted molar refractivity (Wildman–Crippen MR) is 116 cm³/mol. The highest BCUT2D eigenvalue weighted by molar-refractivity contribution is 7.12.